The van der Waals surface area contributed by atoms with Crippen molar-refractivity contribution in [3.8, 4) is 0 Å². The molecule has 0 aliphatic rings. The van der Waals surface area contributed by atoms with Crippen molar-refractivity contribution in [1.82, 2.24) is 30.9 Å². The number of hydrogen-bond acceptors (Lipinski definition) is 8. The van der Waals surface area contributed by atoms with Crippen LogP contribution in [-0.2, 0) is 32.0 Å². The highest BCUT2D eigenvalue weighted by Gasteiger charge is 2.31. The fourth-order valence-corrected chi connectivity index (χ4v) is 4.23. The minimum Gasteiger partial charge on any atom is -0.480 e. The van der Waals surface area contributed by atoms with Crippen LogP contribution in [-0.4, -0.2) is 86.2 Å². The number of nitrogens with one attached hydrogen (secondary N) is 5. The zero-order valence-corrected chi connectivity index (χ0v) is 21.9. The predicted octanol–water partition coefficient (Wildman–Crippen LogP) is -1.34. The number of aromatic amines is 2. The van der Waals surface area contributed by atoms with E-state index in [1.807, 2.05) is 24.3 Å². The largest absolute Gasteiger partial charge is 0.480 e. The lowest BCUT2D eigenvalue weighted by Gasteiger charge is -2.25. The summed E-state index contributed by atoms with van der Waals surface area (Å²) in [4.78, 5) is 60.7. The van der Waals surface area contributed by atoms with Crippen LogP contribution in [0.25, 0.3) is 10.9 Å². The highest BCUT2D eigenvalue weighted by atomic mass is 16.4. The number of aliphatic hydroxyl groups excluding tert-OH is 1. The van der Waals surface area contributed by atoms with Gasteiger partial charge in [-0.15, -0.1) is 0 Å². The number of carboxylic acid groups (broad SMARTS) is 1. The van der Waals surface area contributed by atoms with E-state index in [0.717, 1.165) is 10.9 Å². The number of imidazole rings is 1. The third-order valence-electron chi connectivity index (χ3n) is 6.44. The van der Waals surface area contributed by atoms with Gasteiger partial charge < -0.3 is 47.6 Å². The second-order valence-electron chi connectivity index (χ2n) is 9.44. The van der Waals surface area contributed by atoms with Gasteiger partial charge in [0.2, 0.25) is 17.7 Å². The summed E-state index contributed by atoms with van der Waals surface area (Å²) in [6.45, 7) is -0.439. The summed E-state index contributed by atoms with van der Waals surface area (Å²) in [5, 5.41) is 27.1. The van der Waals surface area contributed by atoms with Crippen LogP contribution in [0.3, 0.4) is 0 Å². The van der Waals surface area contributed by atoms with Crippen LogP contribution in [0.4, 0.5) is 0 Å². The summed E-state index contributed by atoms with van der Waals surface area (Å²) in [6, 6.07) is 2.61. The van der Waals surface area contributed by atoms with Crippen molar-refractivity contribution in [3.63, 3.8) is 0 Å². The summed E-state index contributed by atoms with van der Waals surface area (Å²) in [7, 11) is 0. The number of aliphatic hydroxyl groups is 1. The molecule has 0 aliphatic heterocycles. The molecule has 2 aromatic heterocycles. The number of aromatic nitrogens is 3. The topological polar surface area (TPSA) is 241 Å². The van der Waals surface area contributed by atoms with Gasteiger partial charge in [0.25, 0.3) is 0 Å². The molecule has 14 nitrogen and oxygen atoms in total. The molecule has 0 spiro atoms. The molecule has 216 valence electrons. The Morgan fingerprint density at radius 1 is 0.925 bits per heavy atom. The van der Waals surface area contributed by atoms with Gasteiger partial charge in [0, 0.05) is 41.8 Å². The van der Waals surface area contributed by atoms with E-state index in [0.29, 0.717) is 30.6 Å². The van der Waals surface area contributed by atoms with Crippen LogP contribution in [0.2, 0.25) is 0 Å². The lowest BCUT2D eigenvalue weighted by molar-refractivity contribution is -0.143. The average Bonchev–Trinajstić information content (AvgIpc) is 3.60. The maximum atomic E-state index is 13.4. The molecule has 0 fully saturated rings. The Balaban J connectivity index is 1.79. The molecular weight excluding hydrogens is 520 g/mol. The number of carboxylic acids is 1. The lowest BCUT2D eigenvalue weighted by Crippen LogP contribution is -2.58. The normalized spacial score (nSPS) is 14.2. The van der Waals surface area contributed by atoms with Gasteiger partial charge in [0.15, 0.2) is 0 Å². The van der Waals surface area contributed by atoms with Crippen LogP contribution in [0, 0.1) is 0 Å². The van der Waals surface area contributed by atoms with Crippen LogP contribution in [0.1, 0.15) is 30.5 Å². The zero-order valence-electron chi connectivity index (χ0n) is 21.9. The van der Waals surface area contributed by atoms with E-state index in [9.17, 15) is 29.4 Å². The van der Waals surface area contributed by atoms with Crippen molar-refractivity contribution in [3.05, 3.63) is 54.2 Å². The monoisotopic (exact) mass is 556 g/mol. The van der Waals surface area contributed by atoms with Gasteiger partial charge in [-0.3, -0.25) is 14.4 Å². The maximum absolute atomic E-state index is 13.4. The molecule has 1 aromatic carbocycles. The van der Waals surface area contributed by atoms with E-state index < -0.39 is 54.5 Å². The number of benzene rings is 1. The van der Waals surface area contributed by atoms with E-state index in [2.05, 4.69) is 30.9 Å². The molecule has 4 atom stereocenters. The first-order chi connectivity index (χ1) is 19.2. The maximum Gasteiger partial charge on any atom is 0.328 e. The second-order valence-corrected chi connectivity index (χ2v) is 9.44. The molecule has 0 bridgehead atoms. The number of nitrogens with two attached hydrogens (primary N) is 2. The van der Waals surface area contributed by atoms with Crippen LogP contribution >= 0.6 is 0 Å². The lowest BCUT2D eigenvalue weighted by atomic mass is 10.0. The fraction of sp³-hybridized carbons (Fsp3) is 0.423. The molecule has 0 saturated heterocycles. The molecule has 0 radical (unpaired) electrons. The minimum absolute atomic E-state index is 0.0160. The van der Waals surface area contributed by atoms with Gasteiger partial charge in [0.1, 0.15) is 18.1 Å². The molecule has 0 saturated carbocycles. The van der Waals surface area contributed by atoms with Crippen molar-refractivity contribution in [1.29, 1.82) is 0 Å². The van der Waals surface area contributed by atoms with E-state index in [-0.39, 0.29) is 19.3 Å². The zero-order chi connectivity index (χ0) is 29.1. The van der Waals surface area contributed by atoms with Crippen LogP contribution < -0.4 is 27.4 Å². The second kappa shape index (κ2) is 14.8. The summed E-state index contributed by atoms with van der Waals surface area (Å²) >= 11 is 0. The third kappa shape index (κ3) is 8.36. The Kier molecular flexibility index (Phi) is 11.2. The fourth-order valence-electron chi connectivity index (χ4n) is 4.23. The number of aliphatic carboxylic acids is 1. The average molecular weight is 557 g/mol. The number of fused-ring (bicyclic) bond motifs is 1. The Morgan fingerprint density at radius 2 is 1.62 bits per heavy atom. The van der Waals surface area contributed by atoms with E-state index in [4.69, 9.17) is 11.5 Å². The molecular formula is C26H36N8O6. The third-order valence-corrected chi connectivity index (χ3v) is 6.44. The highest BCUT2D eigenvalue weighted by Crippen LogP contribution is 2.19. The molecule has 11 N–H and O–H groups in total. The summed E-state index contributed by atoms with van der Waals surface area (Å²) in [5.74, 6) is -3.43. The molecule has 3 rings (SSSR count). The molecule has 4 unspecified atom stereocenters. The van der Waals surface area contributed by atoms with Crippen molar-refractivity contribution in [2.75, 3.05) is 13.2 Å². The quantitative estimate of drug-likeness (QED) is 0.0947. The van der Waals surface area contributed by atoms with E-state index in [1.165, 1.54) is 6.33 Å². The first-order valence-corrected chi connectivity index (χ1v) is 13.0. The van der Waals surface area contributed by atoms with Crippen LogP contribution in [0.15, 0.2) is 43.0 Å². The highest BCUT2D eigenvalue weighted by molar-refractivity contribution is 5.95. The molecule has 40 heavy (non-hydrogen) atoms. The summed E-state index contributed by atoms with van der Waals surface area (Å²) in [5.41, 5.74) is 13.8. The predicted molar refractivity (Wildman–Crippen MR) is 146 cm³/mol. The van der Waals surface area contributed by atoms with Gasteiger partial charge >= 0.3 is 5.97 Å². The molecule has 3 aromatic rings. The number of carbonyl (C=O) groups is 4. The molecule has 0 aliphatic carbocycles. The number of H-pyrrole nitrogens is 2. The number of carbonyl (C=O) groups excluding carboxylic acids is 3. The standard InChI is InChI=1S/C26H36N8O6/c27-8-4-3-7-20(32-23(36)18(28)10-16-12-29-14-31-16)24(37)33-21(25(38)34-22(13-35)26(39)40)9-15-11-30-19-6-2-1-5-17(15)19/h1-2,5-6,11-12,14,18,20-22,30,35H,3-4,7-10,13,27-28H2,(H,29,31)(H,32,36)(H,33,37)(H,34,38)(H,39,40). The van der Waals surface area contributed by atoms with Gasteiger partial charge in [-0.05, 0) is 37.4 Å². The summed E-state index contributed by atoms with van der Waals surface area (Å²) in [6.07, 6.45) is 6.27. The van der Waals surface area contributed by atoms with Crippen molar-refractivity contribution in [2.24, 2.45) is 11.5 Å². The number of rotatable bonds is 16. The number of hydrogen-bond donors (Lipinski definition) is 9. The first-order valence-electron chi connectivity index (χ1n) is 13.0. The van der Waals surface area contributed by atoms with Crippen LogP contribution in [0.5, 0.6) is 0 Å². The van der Waals surface area contributed by atoms with Gasteiger partial charge in [-0.25, -0.2) is 9.78 Å². The number of para-hydroxylation sites is 1. The number of unbranched alkanes of at least 4 members (excludes halogenated alkanes) is 1. The van der Waals surface area contributed by atoms with E-state index >= 15 is 0 Å². The Morgan fingerprint density at radius 3 is 2.30 bits per heavy atom. The Hall–Kier alpha value is -4.27. The minimum atomic E-state index is -1.56. The Labute approximate surface area is 230 Å². The van der Waals surface area contributed by atoms with Crippen molar-refractivity contribution >= 4 is 34.6 Å². The van der Waals surface area contributed by atoms with Gasteiger partial charge in [-0.2, -0.15) is 0 Å². The van der Waals surface area contributed by atoms with Gasteiger partial charge in [-0.1, -0.05) is 18.2 Å². The SMILES string of the molecule is NCCCCC(NC(=O)C(N)Cc1cnc[nH]1)C(=O)NC(Cc1c[nH]c2ccccc12)C(=O)NC(CO)C(=O)O. The van der Waals surface area contributed by atoms with Crippen molar-refractivity contribution < 1.29 is 29.4 Å². The Bertz CT molecular complexity index is 1280. The smallest absolute Gasteiger partial charge is 0.328 e. The summed E-state index contributed by atoms with van der Waals surface area (Å²) < 4.78 is 0. The number of amides is 3. The molecule has 14 heteroatoms. The molecule has 3 amide bonds. The molecule has 2 heterocycles. The van der Waals surface area contributed by atoms with Gasteiger partial charge in [0.05, 0.1) is 19.0 Å². The number of nitrogens with zero attached hydrogens (tertiary/aromatic N) is 1. The first kappa shape index (κ1) is 30.3. The van der Waals surface area contributed by atoms with Crippen molar-refractivity contribution in [2.45, 2.75) is 56.3 Å². The van der Waals surface area contributed by atoms with E-state index in [1.54, 1.807) is 12.4 Å².